The van der Waals surface area contributed by atoms with Gasteiger partial charge in [0.15, 0.2) is 0 Å². The minimum Gasteiger partial charge on any atom is -0.467 e. The molecule has 0 saturated heterocycles. The first kappa shape index (κ1) is 26.2. The maximum atomic E-state index is 13.4. The third-order valence-electron chi connectivity index (χ3n) is 5.64. The Morgan fingerprint density at radius 1 is 0.886 bits per heavy atom. The molecule has 3 rings (SSSR count). The van der Waals surface area contributed by atoms with E-state index in [1.165, 1.54) is 12.1 Å². The summed E-state index contributed by atoms with van der Waals surface area (Å²) < 4.78 is 24.2. The highest BCUT2D eigenvalue weighted by Crippen LogP contribution is 2.13. The monoisotopic (exact) mass is 480 g/mol. The number of carbonyl (C=O) groups excluding carboxylic acids is 2. The standard InChI is InChI=1S/C28H33FN2O4/c1-2-34-18-7-17-30(27(32)16-13-23-8-4-3-5-9-23)22-28(33)31(21-26-10-6-19-35-26)20-24-11-14-25(29)15-12-24/h3-6,8-12,14-15,19H,2,7,13,16-18,20-22H2,1H3. The molecule has 0 aliphatic heterocycles. The minimum absolute atomic E-state index is 0.0400. The van der Waals surface area contributed by atoms with E-state index in [0.29, 0.717) is 44.8 Å². The van der Waals surface area contributed by atoms with E-state index in [-0.39, 0.29) is 37.3 Å². The van der Waals surface area contributed by atoms with E-state index in [2.05, 4.69) is 0 Å². The number of hydrogen-bond donors (Lipinski definition) is 0. The van der Waals surface area contributed by atoms with Gasteiger partial charge in [-0.3, -0.25) is 9.59 Å². The first-order chi connectivity index (χ1) is 17.0. The van der Waals surface area contributed by atoms with Gasteiger partial charge >= 0.3 is 0 Å². The van der Waals surface area contributed by atoms with Crippen LogP contribution in [0.15, 0.2) is 77.4 Å². The van der Waals surface area contributed by atoms with Crippen LogP contribution in [0.1, 0.15) is 36.7 Å². The van der Waals surface area contributed by atoms with E-state index in [1.54, 1.807) is 40.3 Å². The van der Waals surface area contributed by atoms with Crippen LogP contribution < -0.4 is 0 Å². The molecule has 1 aromatic heterocycles. The second kappa shape index (κ2) is 14.1. The van der Waals surface area contributed by atoms with Gasteiger partial charge in [0.05, 0.1) is 19.4 Å². The van der Waals surface area contributed by atoms with Crippen molar-refractivity contribution in [3.8, 4) is 0 Å². The second-order valence-electron chi connectivity index (χ2n) is 8.31. The Morgan fingerprint density at radius 3 is 2.34 bits per heavy atom. The number of halogens is 1. The third-order valence-corrected chi connectivity index (χ3v) is 5.64. The van der Waals surface area contributed by atoms with Crippen LogP contribution in [0.25, 0.3) is 0 Å². The van der Waals surface area contributed by atoms with Gasteiger partial charge in [-0.2, -0.15) is 0 Å². The quantitative estimate of drug-likeness (QED) is 0.310. The topological polar surface area (TPSA) is 63.0 Å². The molecule has 0 N–H and O–H groups in total. The maximum Gasteiger partial charge on any atom is 0.242 e. The van der Waals surface area contributed by atoms with Crippen molar-refractivity contribution in [2.45, 2.75) is 39.3 Å². The van der Waals surface area contributed by atoms with Gasteiger partial charge in [-0.15, -0.1) is 0 Å². The molecule has 0 bridgehead atoms. The molecule has 0 unspecified atom stereocenters. The Labute approximate surface area is 206 Å². The van der Waals surface area contributed by atoms with Crippen LogP contribution in [-0.4, -0.2) is 47.9 Å². The molecule has 3 aromatic rings. The van der Waals surface area contributed by atoms with Crippen molar-refractivity contribution in [3.05, 3.63) is 95.7 Å². The fourth-order valence-corrected chi connectivity index (χ4v) is 3.74. The number of nitrogens with zero attached hydrogens (tertiary/aromatic N) is 2. The summed E-state index contributed by atoms with van der Waals surface area (Å²) in [5, 5.41) is 0. The first-order valence-electron chi connectivity index (χ1n) is 12.0. The van der Waals surface area contributed by atoms with Crippen molar-refractivity contribution in [1.82, 2.24) is 9.80 Å². The van der Waals surface area contributed by atoms with Gasteiger partial charge in [-0.05, 0) is 55.2 Å². The Balaban J connectivity index is 1.69. The summed E-state index contributed by atoms with van der Waals surface area (Å²) in [4.78, 5) is 29.8. The largest absolute Gasteiger partial charge is 0.467 e. The number of benzene rings is 2. The predicted molar refractivity (Wildman–Crippen MR) is 132 cm³/mol. The highest BCUT2D eigenvalue weighted by atomic mass is 19.1. The summed E-state index contributed by atoms with van der Waals surface area (Å²) in [6.45, 7) is 3.99. The number of furan rings is 1. The lowest BCUT2D eigenvalue weighted by Crippen LogP contribution is -2.43. The van der Waals surface area contributed by atoms with E-state index in [1.807, 2.05) is 37.3 Å². The predicted octanol–water partition coefficient (Wildman–Crippen LogP) is 4.84. The van der Waals surface area contributed by atoms with Gasteiger partial charge in [0, 0.05) is 32.7 Å². The lowest BCUT2D eigenvalue weighted by Gasteiger charge is -2.27. The molecule has 7 heteroatoms. The Bertz CT molecular complexity index is 1020. The zero-order valence-corrected chi connectivity index (χ0v) is 20.2. The molecular weight excluding hydrogens is 447 g/mol. The molecule has 0 fully saturated rings. The molecule has 2 aromatic carbocycles. The summed E-state index contributed by atoms with van der Waals surface area (Å²) >= 11 is 0. The highest BCUT2D eigenvalue weighted by Gasteiger charge is 2.22. The first-order valence-corrected chi connectivity index (χ1v) is 12.0. The Hall–Kier alpha value is -3.45. The molecule has 0 atom stereocenters. The lowest BCUT2D eigenvalue weighted by molar-refractivity contribution is -0.141. The van der Waals surface area contributed by atoms with E-state index >= 15 is 0 Å². The van der Waals surface area contributed by atoms with Gasteiger partial charge in [-0.1, -0.05) is 42.5 Å². The number of carbonyl (C=O) groups is 2. The summed E-state index contributed by atoms with van der Waals surface area (Å²) in [5.74, 6) is 0.0366. The zero-order chi connectivity index (χ0) is 24.9. The zero-order valence-electron chi connectivity index (χ0n) is 20.2. The summed E-state index contributed by atoms with van der Waals surface area (Å²) in [6, 6.07) is 19.5. The van der Waals surface area contributed by atoms with Crippen molar-refractivity contribution in [1.29, 1.82) is 0 Å². The van der Waals surface area contributed by atoms with Crippen molar-refractivity contribution >= 4 is 11.8 Å². The van der Waals surface area contributed by atoms with Crippen LogP contribution in [0.5, 0.6) is 0 Å². The molecule has 186 valence electrons. The van der Waals surface area contributed by atoms with Crippen molar-refractivity contribution in [2.24, 2.45) is 0 Å². The van der Waals surface area contributed by atoms with Crippen LogP contribution >= 0.6 is 0 Å². The SMILES string of the molecule is CCOCCCN(CC(=O)N(Cc1ccc(F)cc1)Cc1ccco1)C(=O)CCc1ccccc1. The van der Waals surface area contributed by atoms with Crippen LogP contribution in [0, 0.1) is 5.82 Å². The normalized spacial score (nSPS) is 10.8. The molecule has 0 spiro atoms. The number of rotatable bonds is 14. The molecule has 2 amide bonds. The lowest BCUT2D eigenvalue weighted by atomic mass is 10.1. The van der Waals surface area contributed by atoms with Gasteiger partial charge in [0.25, 0.3) is 0 Å². The molecule has 6 nitrogen and oxygen atoms in total. The van der Waals surface area contributed by atoms with Gasteiger partial charge in [0.1, 0.15) is 11.6 Å². The fourth-order valence-electron chi connectivity index (χ4n) is 3.74. The maximum absolute atomic E-state index is 13.4. The number of amides is 2. The number of hydrogen-bond acceptors (Lipinski definition) is 4. The second-order valence-corrected chi connectivity index (χ2v) is 8.31. The van der Waals surface area contributed by atoms with Crippen LogP contribution in [0.2, 0.25) is 0 Å². The highest BCUT2D eigenvalue weighted by molar-refractivity contribution is 5.85. The van der Waals surface area contributed by atoms with Crippen molar-refractivity contribution in [3.63, 3.8) is 0 Å². The van der Waals surface area contributed by atoms with Crippen LogP contribution in [-0.2, 0) is 33.8 Å². The fraction of sp³-hybridized carbons (Fsp3) is 0.357. The average Bonchev–Trinajstić information content (AvgIpc) is 3.39. The smallest absolute Gasteiger partial charge is 0.242 e. The third kappa shape index (κ3) is 9.02. The molecule has 0 radical (unpaired) electrons. The van der Waals surface area contributed by atoms with Gasteiger partial charge in [-0.25, -0.2) is 4.39 Å². The number of ether oxygens (including phenoxy) is 1. The Morgan fingerprint density at radius 2 is 1.66 bits per heavy atom. The number of aryl methyl sites for hydroxylation is 1. The molecule has 0 aliphatic carbocycles. The van der Waals surface area contributed by atoms with E-state index < -0.39 is 0 Å². The van der Waals surface area contributed by atoms with Crippen LogP contribution in [0.4, 0.5) is 4.39 Å². The molecule has 1 heterocycles. The van der Waals surface area contributed by atoms with Crippen LogP contribution in [0.3, 0.4) is 0 Å². The summed E-state index contributed by atoms with van der Waals surface area (Å²) in [6.07, 6.45) is 3.14. The molecular formula is C28H33FN2O4. The van der Waals surface area contributed by atoms with Crippen molar-refractivity contribution < 1.29 is 23.1 Å². The van der Waals surface area contributed by atoms with Gasteiger partial charge < -0.3 is 19.0 Å². The van der Waals surface area contributed by atoms with Crippen molar-refractivity contribution in [2.75, 3.05) is 26.3 Å². The average molecular weight is 481 g/mol. The van der Waals surface area contributed by atoms with E-state index in [4.69, 9.17) is 9.15 Å². The van der Waals surface area contributed by atoms with Gasteiger partial charge in [0.2, 0.25) is 11.8 Å². The summed E-state index contributed by atoms with van der Waals surface area (Å²) in [5.41, 5.74) is 1.88. The molecule has 0 aliphatic rings. The molecule has 35 heavy (non-hydrogen) atoms. The summed E-state index contributed by atoms with van der Waals surface area (Å²) in [7, 11) is 0. The van der Waals surface area contributed by atoms with E-state index in [0.717, 1.165) is 11.1 Å². The Kier molecular flexibility index (Phi) is 10.5. The van der Waals surface area contributed by atoms with E-state index in [9.17, 15) is 14.0 Å². The minimum atomic E-state index is -0.331. The molecule has 0 saturated carbocycles.